The molecule has 1 heterocycles. The third-order valence-corrected chi connectivity index (χ3v) is 7.64. The molecule has 1 aromatic rings. The van der Waals surface area contributed by atoms with Gasteiger partial charge in [0.15, 0.2) is 0 Å². The number of nitrogens with zero attached hydrogens (tertiary/aromatic N) is 1. The second-order valence-corrected chi connectivity index (χ2v) is 12.3. The number of pyridine rings is 1. The van der Waals surface area contributed by atoms with Crippen molar-refractivity contribution in [3.05, 3.63) is 30.1 Å². The van der Waals surface area contributed by atoms with Crippen LogP contribution in [0.5, 0.6) is 0 Å². The van der Waals surface area contributed by atoms with Crippen LogP contribution in [0.15, 0.2) is 24.4 Å². The largest absolute Gasteiger partial charge is 0.464 e. The Morgan fingerprint density at radius 3 is 2.55 bits per heavy atom. The number of carbonyl (C=O) groups excluding carboxylic acids is 2. The molecule has 1 amide bonds. The van der Waals surface area contributed by atoms with Gasteiger partial charge in [-0.15, -0.1) is 0 Å². The third-order valence-electron chi connectivity index (χ3n) is 5.88. The first-order valence-electron chi connectivity index (χ1n) is 11.8. The van der Waals surface area contributed by atoms with E-state index in [2.05, 4.69) is 10.3 Å². The first-order chi connectivity index (χ1) is 15.5. The molecule has 2 rings (SSSR count). The maximum atomic E-state index is 13.1. The maximum absolute atomic E-state index is 13.1. The lowest BCUT2D eigenvalue weighted by Gasteiger charge is -2.41. The van der Waals surface area contributed by atoms with E-state index in [0.29, 0.717) is 6.42 Å². The molecule has 1 aromatic heterocycles. The Bertz CT molecular complexity index is 877. The summed E-state index contributed by atoms with van der Waals surface area (Å²) < 4.78 is 32.0. The quantitative estimate of drug-likeness (QED) is 0.333. The fraction of sp³-hybridized carbons (Fsp3) is 0.708. The number of amides is 1. The van der Waals surface area contributed by atoms with E-state index in [0.717, 1.165) is 37.8 Å². The standard InChI is InChI=1S/C24H39N3O5S/c1-5-6-16-31-21(28)19(27-22(29)32-23(2,3)4)11-17-33(25,30)18-14-24(12-9-13-24)20-10-7-8-15-26-20/h7-8,10,15,19,25H,5-6,9,11-14,16-18H2,1-4H3,(H,27,29). The smallest absolute Gasteiger partial charge is 0.408 e. The van der Waals surface area contributed by atoms with Gasteiger partial charge in [-0.3, -0.25) is 9.76 Å². The van der Waals surface area contributed by atoms with Crippen molar-refractivity contribution in [2.45, 2.75) is 89.7 Å². The third kappa shape index (κ3) is 8.95. The molecule has 2 atom stereocenters. The lowest BCUT2D eigenvalue weighted by molar-refractivity contribution is -0.146. The van der Waals surface area contributed by atoms with Crippen molar-refractivity contribution in [1.82, 2.24) is 10.3 Å². The number of rotatable bonds is 12. The van der Waals surface area contributed by atoms with E-state index in [1.807, 2.05) is 25.1 Å². The van der Waals surface area contributed by atoms with Crippen LogP contribution in [0.3, 0.4) is 0 Å². The number of carbonyl (C=O) groups is 2. The van der Waals surface area contributed by atoms with E-state index < -0.39 is 33.4 Å². The monoisotopic (exact) mass is 481 g/mol. The molecule has 1 fully saturated rings. The zero-order valence-corrected chi connectivity index (χ0v) is 21.2. The molecule has 0 bridgehead atoms. The number of hydrogen-bond donors (Lipinski definition) is 2. The Balaban J connectivity index is 1.98. The van der Waals surface area contributed by atoms with Gasteiger partial charge in [-0.1, -0.05) is 25.8 Å². The lowest BCUT2D eigenvalue weighted by Crippen LogP contribution is -2.45. The summed E-state index contributed by atoms with van der Waals surface area (Å²) in [5.41, 5.74) is 0.167. The summed E-state index contributed by atoms with van der Waals surface area (Å²) in [6, 6.07) is 4.83. The van der Waals surface area contributed by atoms with Gasteiger partial charge in [0, 0.05) is 38.5 Å². The number of aromatic nitrogens is 1. The van der Waals surface area contributed by atoms with Gasteiger partial charge in [-0.2, -0.15) is 0 Å². The molecule has 9 heteroatoms. The first-order valence-corrected chi connectivity index (χ1v) is 13.7. The second kappa shape index (κ2) is 11.8. The molecule has 186 valence electrons. The van der Waals surface area contributed by atoms with Crippen molar-refractivity contribution in [1.29, 1.82) is 4.78 Å². The molecule has 2 N–H and O–H groups in total. The minimum absolute atomic E-state index is 0.00532. The Kier molecular flexibility index (Phi) is 9.70. The molecule has 33 heavy (non-hydrogen) atoms. The highest BCUT2D eigenvalue weighted by Crippen LogP contribution is 2.45. The predicted octanol–water partition coefficient (Wildman–Crippen LogP) is 4.57. The molecule has 0 spiro atoms. The molecule has 0 radical (unpaired) electrons. The Hall–Kier alpha value is -2.16. The maximum Gasteiger partial charge on any atom is 0.408 e. The fourth-order valence-corrected chi connectivity index (χ4v) is 5.34. The number of hydrogen-bond acceptors (Lipinski definition) is 7. The number of nitrogens with one attached hydrogen (secondary N) is 2. The van der Waals surface area contributed by atoms with Crippen molar-refractivity contribution in [3.63, 3.8) is 0 Å². The van der Waals surface area contributed by atoms with Crippen LogP contribution in [0.4, 0.5) is 4.79 Å². The van der Waals surface area contributed by atoms with Gasteiger partial charge in [-0.05, 0) is 65.0 Å². The van der Waals surface area contributed by atoms with E-state index in [9.17, 15) is 13.8 Å². The number of alkyl carbamates (subject to hydrolysis) is 1. The van der Waals surface area contributed by atoms with Gasteiger partial charge in [-0.25, -0.2) is 13.8 Å². The fourth-order valence-electron chi connectivity index (χ4n) is 3.80. The minimum atomic E-state index is -2.95. The summed E-state index contributed by atoms with van der Waals surface area (Å²) in [5.74, 6) is -0.365. The van der Waals surface area contributed by atoms with Crippen molar-refractivity contribution in [3.8, 4) is 0 Å². The van der Waals surface area contributed by atoms with E-state index in [1.54, 1.807) is 27.0 Å². The first kappa shape index (κ1) is 27.1. The molecular weight excluding hydrogens is 442 g/mol. The molecule has 1 saturated carbocycles. The predicted molar refractivity (Wildman–Crippen MR) is 129 cm³/mol. The van der Waals surface area contributed by atoms with E-state index in [-0.39, 0.29) is 29.9 Å². The summed E-state index contributed by atoms with van der Waals surface area (Å²) in [6.45, 7) is 7.44. The van der Waals surface area contributed by atoms with Crippen LogP contribution in [-0.2, 0) is 29.4 Å². The highest BCUT2D eigenvalue weighted by Gasteiger charge is 2.40. The van der Waals surface area contributed by atoms with Gasteiger partial charge in [0.1, 0.15) is 11.6 Å². The SMILES string of the molecule is CCCCOC(=O)C(CCS(=N)(=O)CCC1(c2ccccn2)CCC1)NC(=O)OC(C)(C)C. The molecule has 8 nitrogen and oxygen atoms in total. The molecule has 2 unspecified atom stereocenters. The minimum Gasteiger partial charge on any atom is -0.464 e. The van der Waals surface area contributed by atoms with Crippen LogP contribution in [0.1, 0.15) is 78.3 Å². The number of ether oxygens (including phenoxy) is 2. The molecule has 1 aliphatic carbocycles. The van der Waals surface area contributed by atoms with Crippen LogP contribution >= 0.6 is 0 Å². The van der Waals surface area contributed by atoms with Crippen molar-refractivity contribution < 1.29 is 23.3 Å². The van der Waals surface area contributed by atoms with Gasteiger partial charge >= 0.3 is 12.1 Å². The van der Waals surface area contributed by atoms with Crippen LogP contribution < -0.4 is 5.32 Å². The van der Waals surface area contributed by atoms with Crippen LogP contribution in [-0.4, -0.2) is 51.0 Å². The van der Waals surface area contributed by atoms with Crippen molar-refractivity contribution >= 4 is 21.8 Å². The van der Waals surface area contributed by atoms with Crippen LogP contribution in [0, 0.1) is 4.78 Å². The molecular formula is C24H39N3O5S. The highest BCUT2D eigenvalue weighted by molar-refractivity contribution is 7.92. The van der Waals surface area contributed by atoms with Crippen molar-refractivity contribution in [2.75, 3.05) is 18.1 Å². The van der Waals surface area contributed by atoms with E-state index in [4.69, 9.17) is 14.3 Å². The number of esters is 1. The van der Waals surface area contributed by atoms with E-state index >= 15 is 0 Å². The number of unbranched alkanes of at least 4 members (excludes halogenated alkanes) is 1. The Morgan fingerprint density at radius 1 is 1.27 bits per heavy atom. The van der Waals surface area contributed by atoms with Crippen LogP contribution in [0.25, 0.3) is 0 Å². The zero-order valence-electron chi connectivity index (χ0n) is 20.4. The highest BCUT2D eigenvalue weighted by atomic mass is 32.2. The summed E-state index contributed by atoms with van der Waals surface area (Å²) in [6.07, 6.45) is 6.36. The van der Waals surface area contributed by atoms with E-state index in [1.165, 1.54) is 0 Å². The van der Waals surface area contributed by atoms with Gasteiger partial charge in [0.25, 0.3) is 0 Å². The lowest BCUT2D eigenvalue weighted by atomic mass is 9.65. The summed E-state index contributed by atoms with van der Waals surface area (Å²) >= 11 is 0. The Labute approximate surface area is 198 Å². The normalized spacial score (nSPS) is 17.8. The Morgan fingerprint density at radius 2 is 2.00 bits per heavy atom. The average molecular weight is 482 g/mol. The molecule has 0 aromatic carbocycles. The van der Waals surface area contributed by atoms with Gasteiger partial charge in [0.2, 0.25) is 0 Å². The second-order valence-electron chi connectivity index (χ2n) is 9.83. The summed E-state index contributed by atoms with van der Waals surface area (Å²) in [4.78, 5) is 29.3. The summed E-state index contributed by atoms with van der Waals surface area (Å²) in [7, 11) is -2.95. The topological polar surface area (TPSA) is 118 Å². The molecule has 1 aliphatic rings. The average Bonchev–Trinajstić information content (AvgIpc) is 2.70. The van der Waals surface area contributed by atoms with Crippen LogP contribution in [0.2, 0.25) is 0 Å². The molecule has 0 aliphatic heterocycles. The molecule has 0 saturated heterocycles. The van der Waals surface area contributed by atoms with Gasteiger partial charge in [0.05, 0.1) is 6.61 Å². The zero-order chi connectivity index (χ0) is 24.5. The van der Waals surface area contributed by atoms with Crippen molar-refractivity contribution in [2.24, 2.45) is 0 Å². The summed E-state index contributed by atoms with van der Waals surface area (Å²) in [5, 5.41) is 2.54. The van der Waals surface area contributed by atoms with Gasteiger partial charge < -0.3 is 14.8 Å².